The summed E-state index contributed by atoms with van der Waals surface area (Å²) in [5, 5.41) is 1.01. The van der Waals surface area contributed by atoms with E-state index in [0.29, 0.717) is 0 Å². The minimum atomic E-state index is -3.04. The van der Waals surface area contributed by atoms with Gasteiger partial charge in [0, 0.05) is 37.7 Å². The fraction of sp³-hybridized carbons (Fsp3) is 0.267. The maximum atomic E-state index is 14.7. The Balaban J connectivity index is 1.20. The maximum Gasteiger partial charge on any atom is 0.193 e. The van der Waals surface area contributed by atoms with Gasteiger partial charge >= 0.3 is 0 Å². The van der Waals surface area contributed by atoms with Crippen LogP contribution in [0.25, 0.3) is 10.8 Å². The minimum Gasteiger partial charge on any atom is -0.238 e. The van der Waals surface area contributed by atoms with Crippen LogP contribution in [0.5, 0.6) is 0 Å². The van der Waals surface area contributed by atoms with E-state index in [-0.39, 0.29) is 20.3 Å². The van der Waals surface area contributed by atoms with Gasteiger partial charge in [-0.2, -0.15) is 0 Å². The molecule has 8 rings (SSSR count). The van der Waals surface area contributed by atoms with Crippen LogP contribution < -0.4 is 0 Å². The number of halogens is 10. The number of alkyl halides is 4. The Hall–Kier alpha value is -2.86. The van der Waals surface area contributed by atoms with Gasteiger partial charge in [-0.25, -0.2) is 43.9 Å². The monoisotopic (exact) mass is 628 g/mol. The highest BCUT2D eigenvalue weighted by Gasteiger charge is 2.49. The first-order chi connectivity index (χ1) is 20.0. The fourth-order valence-corrected chi connectivity index (χ4v) is 9.92. The van der Waals surface area contributed by atoms with Crippen molar-refractivity contribution in [3.8, 4) is 0 Å². The van der Waals surface area contributed by atoms with E-state index in [1.165, 1.54) is 12.2 Å². The lowest BCUT2D eigenvalue weighted by Crippen LogP contribution is -2.26. The number of hydrogen-bond acceptors (Lipinski definition) is 2. The Morgan fingerprint density at radius 2 is 0.929 bits per heavy atom. The van der Waals surface area contributed by atoms with E-state index >= 15 is 0 Å². The first-order valence-corrected chi connectivity index (χ1v) is 14.6. The standard InChI is InChI=1S/C30H14F10S2/c31-19-17(20(32)24(36)27(39)23(19)35)13-5-11-7-1-2-8-12-6-14(18-21(33)25(37)28(40)26(38)22(18)34)42-30(12)10-4-3-9(29(11)41-13)15(7)16(8)10/h1-6,11-12,19,23,25,28-30H. The zero-order valence-corrected chi connectivity index (χ0v) is 22.3. The summed E-state index contributed by atoms with van der Waals surface area (Å²) in [7, 11) is 0. The second-order valence-electron chi connectivity index (χ2n) is 10.8. The van der Waals surface area contributed by atoms with Gasteiger partial charge in [-0.15, -0.1) is 23.5 Å². The molecule has 0 bridgehead atoms. The molecule has 8 atom stereocenters. The molecule has 8 unspecified atom stereocenters. The van der Waals surface area contributed by atoms with Crippen LogP contribution in [-0.4, -0.2) is 24.7 Å². The molecule has 2 aromatic rings. The molecule has 0 nitrogen and oxygen atoms in total. The van der Waals surface area contributed by atoms with Gasteiger partial charge < -0.3 is 0 Å². The average molecular weight is 629 g/mol. The van der Waals surface area contributed by atoms with Crippen LogP contribution in [0, 0.1) is 0 Å². The smallest absolute Gasteiger partial charge is 0.193 e. The largest absolute Gasteiger partial charge is 0.238 e. The third kappa shape index (κ3) is 3.20. The van der Waals surface area contributed by atoms with Crippen LogP contribution in [0.2, 0.25) is 0 Å². The van der Waals surface area contributed by atoms with Crippen molar-refractivity contribution in [1.82, 2.24) is 0 Å². The predicted molar refractivity (Wildman–Crippen MR) is 141 cm³/mol. The number of rotatable bonds is 2. The van der Waals surface area contributed by atoms with Gasteiger partial charge in [0.05, 0.1) is 5.57 Å². The minimum absolute atomic E-state index is 0.00564. The van der Waals surface area contributed by atoms with Crippen LogP contribution in [0.1, 0.15) is 44.6 Å². The third-order valence-electron chi connectivity index (χ3n) is 8.78. The highest BCUT2D eigenvalue weighted by molar-refractivity contribution is 8.04. The molecule has 2 aliphatic heterocycles. The summed E-state index contributed by atoms with van der Waals surface area (Å²) in [6.45, 7) is 0. The first-order valence-electron chi connectivity index (χ1n) is 12.8. The molecule has 0 radical (unpaired) electrons. The Kier molecular flexibility index (Phi) is 5.63. The van der Waals surface area contributed by atoms with Crippen LogP contribution in [-0.2, 0) is 0 Å². The van der Waals surface area contributed by atoms with E-state index in [4.69, 9.17) is 0 Å². The molecule has 2 aromatic carbocycles. The van der Waals surface area contributed by atoms with Gasteiger partial charge in [-0.3, -0.25) is 0 Å². The second kappa shape index (κ2) is 8.84. The van der Waals surface area contributed by atoms with Crippen molar-refractivity contribution in [2.75, 3.05) is 0 Å². The van der Waals surface area contributed by atoms with E-state index < -0.39 is 82.6 Å². The second-order valence-corrected chi connectivity index (χ2v) is 13.2. The van der Waals surface area contributed by atoms with Crippen LogP contribution in [0.3, 0.4) is 0 Å². The number of benzene rings is 2. The van der Waals surface area contributed by atoms with Crippen molar-refractivity contribution in [1.29, 1.82) is 0 Å². The summed E-state index contributed by atoms with van der Waals surface area (Å²) in [6.07, 6.45) is -8.58. The summed E-state index contributed by atoms with van der Waals surface area (Å²) in [5.74, 6) is -12.1. The van der Waals surface area contributed by atoms with Crippen LogP contribution >= 0.6 is 23.5 Å². The van der Waals surface area contributed by atoms with Crippen LogP contribution in [0.15, 0.2) is 92.3 Å². The van der Waals surface area contributed by atoms with Crippen molar-refractivity contribution in [3.63, 3.8) is 0 Å². The molecule has 42 heavy (non-hydrogen) atoms. The van der Waals surface area contributed by atoms with Crippen molar-refractivity contribution in [3.05, 3.63) is 115 Å². The number of fused-ring (bicyclic) bond motifs is 6. The first kappa shape index (κ1) is 26.7. The molecule has 0 amide bonds. The zero-order chi connectivity index (χ0) is 29.5. The molecule has 12 heteroatoms. The Morgan fingerprint density at radius 1 is 0.476 bits per heavy atom. The molecular formula is C30H14F10S2. The lowest BCUT2D eigenvalue weighted by Gasteiger charge is -2.22. The zero-order valence-electron chi connectivity index (χ0n) is 20.7. The van der Waals surface area contributed by atoms with E-state index in [1.54, 1.807) is 12.1 Å². The highest BCUT2D eigenvalue weighted by atomic mass is 32.2. The van der Waals surface area contributed by atoms with Crippen molar-refractivity contribution in [2.24, 2.45) is 0 Å². The molecule has 0 aromatic heterocycles. The predicted octanol–water partition coefficient (Wildman–Crippen LogP) is 10.5. The third-order valence-corrected chi connectivity index (χ3v) is 11.6. The Labute approximate surface area is 239 Å². The SMILES string of the molecule is FC1=C(F)C(F)C(F)C(F)=C1C1=CC2c3ccc4c5c(ccc(c35)C2S1)C1SC(C2=C(F)C(F)=C(F)C(F)C2F)=CC41. The number of allylic oxidation sites excluding steroid dienone is 10. The molecule has 0 fully saturated rings. The van der Waals surface area contributed by atoms with E-state index in [2.05, 4.69) is 0 Å². The molecule has 0 N–H and O–H groups in total. The summed E-state index contributed by atoms with van der Waals surface area (Å²) in [5.41, 5.74) is 1.49. The highest BCUT2D eigenvalue weighted by Crippen LogP contribution is 2.67. The van der Waals surface area contributed by atoms with Gasteiger partial charge in [0.1, 0.15) is 5.83 Å². The molecule has 0 saturated heterocycles. The van der Waals surface area contributed by atoms with Crippen molar-refractivity contribution < 1.29 is 43.9 Å². The topological polar surface area (TPSA) is 0 Å². The van der Waals surface area contributed by atoms with Gasteiger partial charge in [-0.1, -0.05) is 36.4 Å². The molecule has 2 heterocycles. The summed E-state index contributed by atoms with van der Waals surface area (Å²) < 4.78 is 142. The van der Waals surface area contributed by atoms with Gasteiger partial charge in [-0.05, 0) is 33.0 Å². The summed E-state index contributed by atoms with van der Waals surface area (Å²) in [4.78, 5) is -0.0344. The van der Waals surface area contributed by atoms with Gasteiger partial charge in [0.25, 0.3) is 0 Å². The normalized spacial score (nSPS) is 35.1. The Bertz CT molecular complexity index is 1850. The molecule has 6 aliphatic rings. The lowest BCUT2D eigenvalue weighted by molar-refractivity contribution is 0.166. The average Bonchev–Trinajstić information content (AvgIpc) is 3.73. The van der Waals surface area contributed by atoms with E-state index in [1.807, 2.05) is 12.1 Å². The molecular weight excluding hydrogens is 614 g/mol. The fourth-order valence-electron chi connectivity index (χ4n) is 6.90. The Morgan fingerprint density at radius 3 is 1.52 bits per heavy atom. The quantitative estimate of drug-likeness (QED) is 0.304. The summed E-state index contributed by atoms with van der Waals surface area (Å²) in [6, 6.07) is 7.22. The van der Waals surface area contributed by atoms with E-state index in [0.717, 1.165) is 56.6 Å². The molecule has 216 valence electrons. The van der Waals surface area contributed by atoms with Crippen LogP contribution in [0.4, 0.5) is 43.9 Å². The van der Waals surface area contributed by atoms with Gasteiger partial charge in [0.2, 0.25) is 0 Å². The van der Waals surface area contributed by atoms with Crippen molar-refractivity contribution >= 4 is 34.3 Å². The molecule has 4 aliphatic carbocycles. The maximum absolute atomic E-state index is 14.7. The lowest BCUT2D eigenvalue weighted by atomic mass is 9.92. The summed E-state index contributed by atoms with van der Waals surface area (Å²) >= 11 is 2.06. The van der Waals surface area contributed by atoms with E-state index in [9.17, 15) is 43.9 Å². The number of thioether (sulfide) groups is 2. The van der Waals surface area contributed by atoms with Crippen molar-refractivity contribution in [2.45, 2.75) is 47.0 Å². The molecule has 0 saturated carbocycles. The number of hydrogen-bond donors (Lipinski definition) is 0. The van der Waals surface area contributed by atoms with Gasteiger partial charge in [0.15, 0.2) is 53.8 Å². The molecule has 0 spiro atoms.